The van der Waals surface area contributed by atoms with Gasteiger partial charge in [0.05, 0.1) is 17.1 Å². The number of benzene rings is 1. The number of nitrogens with one attached hydrogen (secondary N) is 1. The lowest BCUT2D eigenvalue weighted by molar-refractivity contribution is -0.0549. The Morgan fingerprint density at radius 3 is 2.20 bits per heavy atom. The van der Waals surface area contributed by atoms with Gasteiger partial charge in [-0.15, -0.1) is 0 Å². The largest absolute Gasteiger partial charge is 0.373 e. The fourth-order valence-electron chi connectivity index (χ4n) is 1.59. The highest BCUT2D eigenvalue weighted by molar-refractivity contribution is 7.85. The van der Waals surface area contributed by atoms with E-state index < -0.39 is 10.1 Å². The number of hydrogen-bond acceptors (Lipinski definition) is 4. The number of ether oxygens (including phenoxy) is 1. The molecule has 1 heterocycles. The van der Waals surface area contributed by atoms with Crippen LogP contribution in [0.3, 0.4) is 0 Å². The van der Waals surface area contributed by atoms with Gasteiger partial charge in [0.1, 0.15) is 0 Å². The second kappa shape index (κ2) is 6.67. The third-order valence-corrected chi connectivity index (χ3v) is 3.79. The topological polar surface area (TPSA) is 75.6 Å². The molecule has 2 rings (SSSR count). The van der Waals surface area contributed by atoms with Crippen molar-refractivity contribution in [2.75, 3.05) is 13.2 Å². The van der Waals surface area contributed by atoms with Gasteiger partial charge in [-0.3, -0.25) is 4.55 Å². The van der Waals surface area contributed by atoms with Crippen molar-refractivity contribution in [1.29, 1.82) is 0 Å². The third-order valence-electron chi connectivity index (χ3n) is 2.92. The summed E-state index contributed by atoms with van der Waals surface area (Å²) in [6.07, 6.45) is 0. The molecular formula is C14H23NO4S. The number of morpholine rings is 1. The lowest BCUT2D eigenvalue weighted by Crippen LogP contribution is -2.50. The Labute approximate surface area is 121 Å². The fraction of sp³-hybridized carbons (Fsp3) is 0.571. The summed E-state index contributed by atoms with van der Waals surface area (Å²) in [5.41, 5.74) is 1.00. The van der Waals surface area contributed by atoms with E-state index >= 15 is 0 Å². The molecule has 0 aliphatic carbocycles. The van der Waals surface area contributed by atoms with E-state index in [-0.39, 0.29) is 10.5 Å². The highest BCUT2D eigenvalue weighted by Crippen LogP contribution is 2.12. The predicted octanol–water partition coefficient (Wildman–Crippen LogP) is 2.02. The monoisotopic (exact) mass is 301 g/mol. The Morgan fingerprint density at radius 2 is 1.85 bits per heavy atom. The highest BCUT2D eigenvalue weighted by Gasteiger charge is 2.24. The highest BCUT2D eigenvalue weighted by atomic mass is 32.2. The van der Waals surface area contributed by atoms with E-state index in [9.17, 15) is 8.42 Å². The lowest BCUT2D eigenvalue weighted by atomic mass is 10.1. The summed E-state index contributed by atoms with van der Waals surface area (Å²) in [6.45, 7) is 9.99. The molecule has 1 aliphatic rings. The van der Waals surface area contributed by atoms with Gasteiger partial charge >= 0.3 is 0 Å². The molecule has 5 nitrogen and oxygen atoms in total. The van der Waals surface area contributed by atoms with Gasteiger partial charge in [0.2, 0.25) is 0 Å². The van der Waals surface area contributed by atoms with Crippen LogP contribution in [-0.4, -0.2) is 37.8 Å². The lowest BCUT2D eigenvalue weighted by Gasteiger charge is -2.34. The van der Waals surface area contributed by atoms with E-state index in [0.29, 0.717) is 6.04 Å². The SMILES string of the molecule is CC1COC(C)(C)CN1.Cc1ccc(S(=O)(=O)O)cc1. The summed E-state index contributed by atoms with van der Waals surface area (Å²) in [6, 6.07) is 6.51. The standard InChI is InChI=1S/C7H15NO.C7H8O3S/c1-6-4-9-7(2,3)5-8-6;1-6-2-4-7(5-3-6)11(8,9)10/h6,8H,4-5H2,1-3H3;2-5H,1H3,(H,8,9,10). The fourth-order valence-corrected chi connectivity index (χ4v) is 2.07. The maximum Gasteiger partial charge on any atom is 0.294 e. The van der Waals surface area contributed by atoms with Gasteiger partial charge in [-0.2, -0.15) is 8.42 Å². The van der Waals surface area contributed by atoms with Crippen LogP contribution < -0.4 is 5.32 Å². The van der Waals surface area contributed by atoms with Crippen LogP contribution >= 0.6 is 0 Å². The molecule has 1 unspecified atom stereocenters. The molecule has 1 fully saturated rings. The van der Waals surface area contributed by atoms with Gasteiger partial charge in [0, 0.05) is 12.6 Å². The summed E-state index contributed by atoms with van der Waals surface area (Å²) >= 11 is 0. The minimum atomic E-state index is -4.02. The van der Waals surface area contributed by atoms with Gasteiger partial charge in [0.15, 0.2) is 0 Å². The van der Waals surface area contributed by atoms with Gasteiger partial charge < -0.3 is 10.1 Å². The molecule has 1 saturated heterocycles. The molecule has 6 heteroatoms. The first-order chi connectivity index (χ1) is 9.10. The molecule has 1 aliphatic heterocycles. The summed E-state index contributed by atoms with van der Waals surface area (Å²) in [7, 11) is -4.02. The maximum absolute atomic E-state index is 10.5. The van der Waals surface area contributed by atoms with Crippen LogP contribution in [0.5, 0.6) is 0 Å². The molecule has 0 aromatic heterocycles. The molecular weight excluding hydrogens is 278 g/mol. The van der Waals surface area contributed by atoms with E-state index in [1.54, 1.807) is 12.1 Å². The van der Waals surface area contributed by atoms with Crippen molar-refractivity contribution in [2.24, 2.45) is 0 Å². The molecule has 114 valence electrons. The molecule has 1 atom stereocenters. The number of hydrogen-bond donors (Lipinski definition) is 2. The van der Waals surface area contributed by atoms with Crippen molar-refractivity contribution in [3.8, 4) is 0 Å². The van der Waals surface area contributed by atoms with Gasteiger partial charge in [-0.05, 0) is 39.8 Å². The zero-order valence-corrected chi connectivity index (χ0v) is 13.2. The molecule has 0 spiro atoms. The summed E-state index contributed by atoms with van der Waals surface area (Å²) in [5.74, 6) is 0. The van der Waals surface area contributed by atoms with Crippen LogP contribution in [0, 0.1) is 6.92 Å². The Morgan fingerprint density at radius 1 is 1.30 bits per heavy atom. The van der Waals surface area contributed by atoms with Gasteiger partial charge in [0.25, 0.3) is 10.1 Å². The summed E-state index contributed by atoms with van der Waals surface area (Å²) in [5, 5.41) is 3.35. The van der Waals surface area contributed by atoms with Crippen LogP contribution in [0.25, 0.3) is 0 Å². The Hall–Kier alpha value is -0.950. The second-order valence-electron chi connectivity index (χ2n) is 5.64. The third kappa shape index (κ3) is 6.00. The number of rotatable bonds is 1. The van der Waals surface area contributed by atoms with Crippen LogP contribution in [0.1, 0.15) is 26.3 Å². The molecule has 1 aromatic carbocycles. The van der Waals surface area contributed by atoms with Crippen molar-refractivity contribution >= 4 is 10.1 Å². The number of aryl methyl sites for hydroxylation is 1. The van der Waals surface area contributed by atoms with Gasteiger partial charge in [-0.1, -0.05) is 17.7 Å². The molecule has 0 radical (unpaired) electrons. The maximum atomic E-state index is 10.5. The Kier molecular flexibility index (Phi) is 5.70. The van der Waals surface area contributed by atoms with E-state index in [4.69, 9.17) is 9.29 Å². The zero-order valence-electron chi connectivity index (χ0n) is 12.4. The van der Waals surface area contributed by atoms with Crippen molar-refractivity contribution in [3.63, 3.8) is 0 Å². The second-order valence-corrected chi connectivity index (χ2v) is 7.06. The Balaban J connectivity index is 0.000000204. The molecule has 1 aromatic rings. The smallest absolute Gasteiger partial charge is 0.294 e. The Bertz CT molecular complexity index is 513. The molecule has 0 amide bonds. The first-order valence-electron chi connectivity index (χ1n) is 6.52. The van der Waals surface area contributed by atoms with E-state index in [1.165, 1.54) is 12.1 Å². The quantitative estimate of drug-likeness (QED) is 0.776. The summed E-state index contributed by atoms with van der Waals surface area (Å²) in [4.78, 5) is -0.0666. The minimum absolute atomic E-state index is 0.0481. The first-order valence-corrected chi connectivity index (χ1v) is 7.96. The van der Waals surface area contributed by atoms with Crippen molar-refractivity contribution in [2.45, 2.75) is 44.2 Å². The molecule has 0 bridgehead atoms. The van der Waals surface area contributed by atoms with Crippen molar-refractivity contribution < 1.29 is 17.7 Å². The van der Waals surface area contributed by atoms with Crippen LogP contribution in [-0.2, 0) is 14.9 Å². The normalized spacial score (nSPS) is 21.8. The zero-order chi connectivity index (χ0) is 15.4. The molecule has 0 saturated carbocycles. The molecule has 2 N–H and O–H groups in total. The van der Waals surface area contributed by atoms with E-state index in [1.807, 2.05) is 6.92 Å². The average molecular weight is 301 g/mol. The minimum Gasteiger partial charge on any atom is -0.373 e. The first kappa shape index (κ1) is 17.1. The van der Waals surface area contributed by atoms with E-state index in [0.717, 1.165) is 18.7 Å². The van der Waals surface area contributed by atoms with Gasteiger partial charge in [-0.25, -0.2) is 0 Å². The summed E-state index contributed by atoms with van der Waals surface area (Å²) < 4.78 is 35.1. The van der Waals surface area contributed by atoms with Crippen LogP contribution in [0.15, 0.2) is 29.2 Å². The molecule has 20 heavy (non-hydrogen) atoms. The van der Waals surface area contributed by atoms with E-state index in [2.05, 4.69) is 26.1 Å². The van der Waals surface area contributed by atoms with Crippen molar-refractivity contribution in [1.82, 2.24) is 5.32 Å². The van der Waals surface area contributed by atoms with Crippen LogP contribution in [0.2, 0.25) is 0 Å². The average Bonchev–Trinajstić information content (AvgIpc) is 2.33. The predicted molar refractivity (Wildman–Crippen MR) is 78.5 cm³/mol. The van der Waals surface area contributed by atoms with Crippen LogP contribution in [0.4, 0.5) is 0 Å². The van der Waals surface area contributed by atoms with Crippen molar-refractivity contribution in [3.05, 3.63) is 29.8 Å².